The lowest BCUT2D eigenvalue weighted by Crippen LogP contribution is -2.60. The smallest absolute Gasteiger partial charge is 0.410 e. The van der Waals surface area contributed by atoms with Crippen molar-refractivity contribution in [2.24, 2.45) is 0 Å². The summed E-state index contributed by atoms with van der Waals surface area (Å²) >= 11 is 0. The number of hydrogen-bond donors (Lipinski definition) is 1. The van der Waals surface area contributed by atoms with Gasteiger partial charge in [0, 0.05) is 11.6 Å². The largest absolute Gasteiger partial charge is 0.453 e. The molecule has 1 aliphatic carbocycles. The second-order valence-corrected chi connectivity index (χ2v) is 5.57. The van der Waals surface area contributed by atoms with E-state index < -0.39 is 5.60 Å². The Labute approximate surface area is 91.2 Å². The van der Waals surface area contributed by atoms with Crippen molar-refractivity contribution in [3.8, 4) is 0 Å². The van der Waals surface area contributed by atoms with E-state index in [4.69, 9.17) is 4.74 Å². The highest BCUT2D eigenvalue weighted by atomic mass is 16.5. The van der Waals surface area contributed by atoms with E-state index in [1.54, 1.807) is 11.8 Å². The molecule has 0 aromatic rings. The van der Waals surface area contributed by atoms with Gasteiger partial charge in [0.2, 0.25) is 0 Å². The topological polar surface area (TPSA) is 49.8 Å². The van der Waals surface area contributed by atoms with Gasteiger partial charge in [0.1, 0.15) is 0 Å². The zero-order valence-corrected chi connectivity index (χ0v) is 10.2. The molecule has 1 aliphatic rings. The van der Waals surface area contributed by atoms with E-state index in [0.29, 0.717) is 12.8 Å². The summed E-state index contributed by atoms with van der Waals surface area (Å²) in [5, 5.41) is 9.67. The minimum Gasteiger partial charge on any atom is -0.453 e. The molecule has 4 nitrogen and oxygen atoms in total. The van der Waals surface area contributed by atoms with Crippen LogP contribution in [0.5, 0.6) is 0 Å². The standard InChI is InChI=1S/C11H21NO3/c1-10(2,3)12(9(13)15-5)8-6-11(4,14)7-8/h8,14H,6-7H2,1-5H3. The second kappa shape index (κ2) is 3.67. The van der Waals surface area contributed by atoms with Crippen molar-refractivity contribution in [2.45, 2.75) is 57.7 Å². The van der Waals surface area contributed by atoms with E-state index in [1.807, 2.05) is 20.8 Å². The van der Waals surface area contributed by atoms with E-state index in [1.165, 1.54) is 7.11 Å². The van der Waals surface area contributed by atoms with Crippen molar-refractivity contribution in [3.05, 3.63) is 0 Å². The van der Waals surface area contributed by atoms with Crippen LogP contribution >= 0.6 is 0 Å². The van der Waals surface area contributed by atoms with E-state index >= 15 is 0 Å². The zero-order chi connectivity index (χ0) is 11.9. The molecule has 1 fully saturated rings. The van der Waals surface area contributed by atoms with Crippen molar-refractivity contribution in [1.82, 2.24) is 4.90 Å². The highest BCUT2D eigenvalue weighted by molar-refractivity contribution is 5.69. The SMILES string of the molecule is COC(=O)N(C1CC(C)(O)C1)C(C)(C)C. The van der Waals surface area contributed by atoms with Crippen LogP contribution in [0.4, 0.5) is 4.79 Å². The summed E-state index contributed by atoms with van der Waals surface area (Å²) < 4.78 is 4.77. The molecular weight excluding hydrogens is 194 g/mol. The fourth-order valence-electron chi connectivity index (χ4n) is 2.21. The first-order valence-electron chi connectivity index (χ1n) is 5.27. The normalized spacial score (nSPS) is 30.7. The van der Waals surface area contributed by atoms with Gasteiger partial charge in [-0.3, -0.25) is 0 Å². The molecule has 0 atom stereocenters. The minimum absolute atomic E-state index is 0.0902. The van der Waals surface area contributed by atoms with Gasteiger partial charge in [-0.2, -0.15) is 0 Å². The first-order chi connectivity index (χ1) is 6.67. The molecule has 4 heteroatoms. The molecule has 0 radical (unpaired) electrons. The molecule has 0 aromatic heterocycles. The molecule has 1 rings (SSSR count). The molecular formula is C11H21NO3. The predicted octanol–water partition coefficient (Wildman–Crippen LogP) is 1.77. The van der Waals surface area contributed by atoms with Crippen LogP contribution in [0, 0.1) is 0 Å². The molecule has 88 valence electrons. The molecule has 0 saturated heterocycles. The Morgan fingerprint density at radius 2 is 1.93 bits per heavy atom. The van der Waals surface area contributed by atoms with Crippen LogP contribution < -0.4 is 0 Å². The second-order valence-electron chi connectivity index (χ2n) is 5.57. The van der Waals surface area contributed by atoms with Crippen molar-refractivity contribution >= 4 is 6.09 Å². The summed E-state index contributed by atoms with van der Waals surface area (Å²) in [6.45, 7) is 7.70. The Morgan fingerprint density at radius 3 is 2.20 bits per heavy atom. The third kappa shape index (κ3) is 2.62. The molecule has 0 spiro atoms. The van der Waals surface area contributed by atoms with Gasteiger partial charge in [-0.15, -0.1) is 0 Å². The van der Waals surface area contributed by atoms with Crippen LogP contribution in [-0.2, 0) is 4.74 Å². The quantitative estimate of drug-likeness (QED) is 0.725. The molecule has 0 aliphatic heterocycles. The van der Waals surface area contributed by atoms with Gasteiger partial charge in [-0.05, 0) is 40.5 Å². The summed E-state index contributed by atoms with van der Waals surface area (Å²) in [6.07, 6.45) is 0.932. The third-order valence-corrected chi connectivity index (χ3v) is 2.81. The molecule has 15 heavy (non-hydrogen) atoms. The van der Waals surface area contributed by atoms with Crippen LogP contribution in [0.15, 0.2) is 0 Å². The summed E-state index contributed by atoms with van der Waals surface area (Å²) in [4.78, 5) is 13.3. The van der Waals surface area contributed by atoms with Gasteiger partial charge >= 0.3 is 6.09 Å². The first kappa shape index (κ1) is 12.3. The molecule has 0 aromatic carbocycles. The lowest BCUT2D eigenvalue weighted by Gasteiger charge is -2.50. The maximum atomic E-state index is 11.6. The van der Waals surface area contributed by atoms with Gasteiger partial charge in [0.25, 0.3) is 0 Å². The number of carbonyl (C=O) groups is 1. The fourth-order valence-corrected chi connectivity index (χ4v) is 2.21. The molecule has 1 amide bonds. The number of amides is 1. The molecule has 0 unspecified atom stereocenters. The number of hydrogen-bond acceptors (Lipinski definition) is 3. The summed E-state index contributed by atoms with van der Waals surface area (Å²) in [5.41, 5.74) is -0.892. The van der Waals surface area contributed by atoms with Crippen LogP contribution in [0.3, 0.4) is 0 Å². The highest BCUT2D eigenvalue weighted by Crippen LogP contribution is 2.38. The van der Waals surface area contributed by atoms with Crippen LogP contribution in [0.2, 0.25) is 0 Å². The highest BCUT2D eigenvalue weighted by Gasteiger charge is 2.46. The predicted molar refractivity (Wildman–Crippen MR) is 57.6 cm³/mol. The Hall–Kier alpha value is -0.770. The third-order valence-electron chi connectivity index (χ3n) is 2.81. The average Bonchev–Trinajstić information content (AvgIpc) is 1.98. The Morgan fingerprint density at radius 1 is 1.47 bits per heavy atom. The van der Waals surface area contributed by atoms with Gasteiger partial charge in [0.15, 0.2) is 0 Å². The Kier molecular flexibility index (Phi) is 3.01. The van der Waals surface area contributed by atoms with Gasteiger partial charge in [-0.25, -0.2) is 4.79 Å². The Balaban J connectivity index is 2.72. The van der Waals surface area contributed by atoms with Gasteiger partial charge in [-0.1, -0.05) is 0 Å². The number of aliphatic hydroxyl groups is 1. The van der Waals surface area contributed by atoms with Crippen molar-refractivity contribution in [1.29, 1.82) is 0 Å². The van der Waals surface area contributed by atoms with Gasteiger partial charge in [0.05, 0.1) is 12.7 Å². The lowest BCUT2D eigenvalue weighted by molar-refractivity contribution is -0.0900. The van der Waals surface area contributed by atoms with Gasteiger partial charge < -0.3 is 14.7 Å². The van der Waals surface area contributed by atoms with Crippen LogP contribution in [0.1, 0.15) is 40.5 Å². The van der Waals surface area contributed by atoms with Crippen LogP contribution in [-0.4, -0.2) is 40.4 Å². The van der Waals surface area contributed by atoms with E-state index in [-0.39, 0.29) is 17.7 Å². The number of rotatable bonds is 1. The summed E-state index contributed by atoms with van der Waals surface area (Å²) in [6, 6.07) is 0.0902. The monoisotopic (exact) mass is 215 g/mol. The number of ether oxygens (including phenoxy) is 1. The van der Waals surface area contributed by atoms with E-state index in [2.05, 4.69) is 0 Å². The fraction of sp³-hybridized carbons (Fsp3) is 0.909. The molecule has 0 bridgehead atoms. The van der Waals surface area contributed by atoms with E-state index in [9.17, 15) is 9.90 Å². The molecule has 0 heterocycles. The van der Waals surface area contributed by atoms with Crippen molar-refractivity contribution in [3.63, 3.8) is 0 Å². The lowest BCUT2D eigenvalue weighted by atomic mass is 9.75. The number of carbonyl (C=O) groups excluding carboxylic acids is 1. The maximum absolute atomic E-state index is 11.6. The summed E-state index contributed by atoms with van der Waals surface area (Å²) in [5.74, 6) is 0. The number of nitrogens with zero attached hydrogens (tertiary/aromatic N) is 1. The number of methoxy groups -OCH3 is 1. The Bertz CT molecular complexity index is 247. The maximum Gasteiger partial charge on any atom is 0.410 e. The summed E-state index contributed by atoms with van der Waals surface area (Å²) in [7, 11) is 1.39. The average molecular weight is 215 g/mol. The van der Waals surface area contributed by atoms with Crippen molar-refractivity contribution in [2.75, 3.05) is 7.11 Å². The first-order valence-corrected chi connectivity index (χ1v) is 5.27. The molecule has 1 N–H and O–H groups in total. The minimum atomic E-state index is -0.623. The zero-order valence-electron chi connectivity index (χ0n) is 10.2. The molecule has 1 saturated carbocycles. The van der Waals surface area contributed by atoms with Crippen LogP contribution in [0.25, 0.3) is 0 Å². The van der Waals surface area contributed by atoms with Crippen molar-refractivity contribution < 1.29 is 14.6 Å². The van der Waals surface area contributed by atoms with E-state index in [0.717, 1.165) is 0 Å².